The molecule has 0 amide bonds. The Morgan fingerprint density at radius 1 is 1.20 bits per heavy atom. The SMILES string of the molecule is CCN1CCN(c2cccc(F)c2)CC1. The zero-order chi connectivity index (χ0) is 10.7. The van der Waals surface area contributed by atoms with Crippen molar-refractivity contribution in [3.63, 3.8) is 0 Å². The van der Waals surface area contributed by atoms with E-state index < -0.39 is 0 Å². The number of rotatable bonds is 2. The number of nitrogens with zero attached hydrogens (tertiary/aromatic N) is 2. The number of likely N-dealkylation sites (N-methyl/N-ethyl adjacent to an activating group) is 1. The highest BCUT2D eigenvalue weighted by Crippen LogP contribution is 2.17. The van der Waals surface area contributed by atoms with Gasteiger partial charge in [0, 0.05) is 31.9 Å². The number of piperazine rings is 1. The molecule has 0 unspecified atom stereocenters. The molecule has 82 valence electrons. The molecular weight excluding hydrogens is 191 g/mol. The highest BCUT2D eigenvalue weighted by atomic mass is 19.1. The fourth-order valence-corrected chi connectivity index (χ4v) is 2.00. The predicted molar refractivity (Wildman–Crippen MR) is 60.7 cm³/mol. The molecule has 0 aliphatic carbocycles. The Balaban J connectivity index is 2.01. The molecule has 1 aliphatic heterocycles. The van der Waals surface area contributed by atoms with Gasteiger partial charge in [0.05, 0.1) is 0 Å². The molecule has 0 saturated carbocycles. The maximum atomic E-state index is 13.0. The van der Waals surface area contributed by atoms with Gasteiger partial charge in [0.1, 0.15) is 5.82 Å². The predicted octanol–water partition coefficient (Wildman–Crippen LogP) is 1.97. The molecule has 0 N–H and O–H groups in total. The van der Waals surface area contributed by atoms with Gasteiger partial charge >= 0.3 is 0 Å². The fourth-order valence-electron chi connectivity index (χ4n) is 2.00. The maximum absolute atomic E-state index is 13.0. The molecule has 0 atom stereocenters. The van der Waals surface area contributed by atoms with Crippen LogP contribution in [0.4, 0.5) is 10.1 Å². The minimum absolute atomic E-state index is 0.148. The smallest absolute Gasteiger partial charge is 0.125 e. The highest BCUT2D eigenvalue weighted by Gasteiger charge is 2.15. The van der Waals surface area contributed by atoms with Gasteiger partial charge in [-0.05, 0) is 24.7 Å². The summed E-state index contributed by atoms with van der Waals surface area (Å²) in [5.74, 6) is -0.148. The van der Waals surface area contributed by atoms with Crippen molar-refractivity contribution in [3.05, 3.63) is 30.1 Å². The fraction of sp³-hybridized carbons (Fsp3) is 0.500. The second kappa shape index (κ2) is 4.62. The summed E-state index contributed by atoms with van der Waals surface area (Å²) in [7, 11) is 0. The minimum atomic E-state index is -0.148. The van der Waals surface area contributed by atoms with Gasteiger partial charge in [-0.15, -0.1) is 0 Å². The van der Waals surface area contributed by atoms with E-state index in [1.165, 1.54) is 6.07 Å². The molecule has 2 rings (SSSR count). The summed E-state index contributed by atoms with van der Waals surface area (Å²) in [4.78, 5) is 4.66. The minimum Gasteiger partial charge on any atom is -0.369 e. The molecule has 3 heteroatoms. The van der Waals surface area contributed by atoms with Crippen molar-refractivity contribution in [2.45, 2.75) is 6.92 Å². The van der Waals surface area contributed by atoms with Crippen molar-refractivity contribution in [3.8, 4) is 0 Å². The van der Waals surface area contributed by atoms with E-state index in [0.29, 0.717) is 0 Å². The van der Waals surface area contributed by atoms with Crippen LogP contribution in [-0.4, -0.2) is 37.6 Å². The van der Waals surface area contributed by atoms with Crippen LogP contribution in [0.2, 0.25) is 0 Å². The Labute approximate surface area is 90.3 Å². The van der Waals surface area contributed by atoms with Crippen LogP contribution in [0, 0.1) is 5.82 Å². The lowest BCUT2D eigenvalue weighted by atomic mass is 10.2. The maximum Gasteiger partial charge on any atom is 0.125 e. The third-order valence-corrected chi connectivity index (χ3v) is 2.99. The van der Waals surface area contributed by atoms with E-state index in [4.69, 9.17) is 0 Å². The molecule has 2 nitrogen and oxygen atoms in total. The number of hydrogen-bond acceptors (Lipinski definition) is 2. The normalized spacial score (nSPS) is 18.1. The van der Waals surface area contributed by atoms with Crippen molar-refractivity contribution in [2.24, 2.45) is 0 Å². The number of benzene rings is 1. The molecule has 1 aromatic carbocycles. The van der Waals surface area contributed by atoms with Crippen LogP contribution in [0.25, 0.3) is 0 Å². The van der Waals surface area contributed by atoms with Crippen LogP contribution in [0.1, 0.15) is 6.92 Å². The van der Waals surface area contributed by atoms with E-state index in [0.717, 1.165) is 38.4 Å². The van der Waals surface area contributed by atoms with Gasteiger partial charge in [0.25, 0.3) is 0 Å². The lowest BCUT2D eigenvalue weighted by molar-refractivity contribution is 0.271. The average Bonchev–Trinajstić information content (AvgIpc) is 2.29. The summed E-state index contributed by atoms with van der Waals surface area (Å²) in [5.41, 5.74) is 1.01. The van der Waals surface area contributed by atoms with E-state index in [-0.39, 0.29) is 5.82 Å². The molecule has 1 heterocycles. The Morgan fingerprint density at radius 3 is 2.53 bits per heavy atom. The van der Waals surface area contributed by atoms with Crippen molar-refractivity contribution < 1.29 is 4.39 Å². The van der Waals surface area contributed by atoms with Crippen LogP contribution in [0.5, 0.6) is 0 Å². The van der Waals surface area contributed by atoms with E-state index in [9.17, 15) is 4.39 Å². The average molecular weight is 208 g/mol. The second-order valence-electron chi connectivity index (χ2n) is 3.90. The van der Waals surface area contributed by atoms with E-state index in [1.807, 2.05) is 6.07 Å². The first kappa shape index (κ1) is 10.4. The Hall–Kier alpha value is -1.09. The monoisotopic (exact) mass is 208 g/mol. The number of halogens is 1. The van der Waals surface area contributed by atoms with Crippen molar-refractivity contribution in [1.82, 2.24) is 4.90 Å². The van der Waals surface area contributed by atoms with Crippen molar-refractivity contribution in [2.75, 3.05) is 37.6 Å². The van der Waals surface area contributed by atoms with E-state index >= 15 is 0 Å². The molecule has 0 radical (unpaired) electrons. The number of anilines is 1. The van der Waals surface area contributed by atoms with Crippen molar-refractivity contribution >= 4 is 5.69 Å². The first-order valence-electron chi connectivity index (χ1n) is 5.52. The third-order valence-electron chi connectivity index (χ3n) is 2.99. The van der Waals surface area contributed by atoms with E-state index in [1.54, 1.807) is 12.1 Å². The van der Waals surface area contributed by atoms with Gasteiger partial charge in [0.15, 0.2) is 0 Å². The summed E-state index contributed by atoms with van der Waals surface area (Å²) in [6, 6.07) is 6.86. The largest absolute Gasteiger partial charge is 0.369 e. The Kier molecular flexibility index (Phi) is 3.21. The summed E-state index contributed by atoms with van der Waals surface area (Å²) < 4.78 is 13.0. The Morgan fingerprint density at radius 2 is 1.93 bits per heavy atom. The quantitative estimate of drug-likeness (QED) is 0.733. The zero-order valence-corrected chi connectivity index (χ0v) is 9.12. The zero-order valence-electron chi connectivity index (χ0n) is 9.12. The summed E-state index contributed by atoms with van der Waals surface area (Å²) in [6.07, 6.45) is 0. The molecule has 1 fully saturated rings. The standard InChI is InChI=1S/C12H17FN2/c1-2-14-6-8-15(9-7-14)12-5-3-4-11(13)10-12/h3-5,10H,2,6-9H2,1H3. The topological polar surface area (TPSA) is 6.48 Å². The van der Waals surface area contributed by atoms with Crippen LogP contribution >= 0.6 is 0 Å². The molecule has 1 saturated heterocycles. The van der Waals surface area contributed by atoms with Crippen LogP contribution in [0.15, 0.2) is 24.3 Å². The first-order chi connectivity index (χ1) is 7.29. The molecule has 1 aliphatic rings. The summed E-state index contributed by atoms with van der Waals surface area (Å²) >= 11 is 0. The highest BCUT2D eigenvalue weighted by molar-refractivity contribution is 5.46. The number of hydrogen-bond donors (Lipinski definition) is 0. The van der Waals surface area contributed by atoms with Gasteiger partial charge in [-0.25, -0.2) is 4.39 Å². The Bertz CT molecular complexity index is 319. The molecule has 1 aromatic rings. The van der Waals surface area contributed by atoms with Gasteiger partial charge in [-0.2, -0.15) is 0 Å². The van der Waals surface area contributed by atoms with Crippen LogP contribution in [0.3, 0.4) is 0 Å². The first-order valence-corrected chi connectivity index (χ1v) is 5.52. The molecule has 0 spiro atoms. The van der Waals surface area contributed by atoms with Gasteiger partial charge in [-0.3, -0.25) is 0 Å². The summed E-state index contributed by atoms with van der Waals surface area (Å²) in [5, 5.41) is 0. The molecular formula is C12H17FN2. The van der Waals surface area contributed by atoms with Gasteiger partial charge < -0.3 is 9.80 Å². The lowest BCUT2D eigenvalue weighted by Crippen LogP contribution is -2.46. The molecule has 0 aromatic heterocycles. The van der Waals surface area contributed by atoms with Crippen molar-refractivity contribution in [1.29, 1.82) is 0 Å². The lowest BCUT2D eigenvalue weighted by Gasteiger charge is -2.35. The summed E-state index contributed by atoms with van der Waals surface area (Å²) in [6.45, 7) is 7.43. The van der Waals surface area contributed by atoms with Crippen LogP contribution in [-0.2, 0) is 0 Å². The van der Waals surface area contributed by atoms with E-state index in [2.05, 4.69) is 16.7 Å². The van der Waals surface area contributed by atoms with Gasteiger partial charge in [0.2, 0.25) is 0 Å². The third kappa shape index (κ3) is 2.48. The molecule has 0 bridgehead atoms. The molecule has 15 heavy (non-hydrogen) atoms. The second-order valence-corrected chi connectivity index (χ2v) is 3.90. The van der Waals surface area contributed by atoms with Crippen LogP contribution < -0.4 is 4.90 Å². The van der Waals surface area contributed by atoms with Gasteiger partial charge in [-0.1, -0.05) is 13.0 Å².